The van der Waals surface area contributed by atoms with Gasteiger partial charge in [-0.05, 0) is 35.1 Å². The van der Waals surface area contributed by atoms with E-state index in [1.54, 1.807) is 0 Å². The molecule has 2 unspecified atom stereocenters. The predicted octanol–water partition coefficient (Wildman–Crippen LogP) is 4.59. The van der Waals surface area contributed by atoms with Crippen molar-refractivity contribution in [2.45, 2.75) is 58.8 Å². The highest BCUT2D eigenvalue weighted by molar-refractivity contribution is 9.10. The summed E-state index contributed by atoms with van der Waals surface area (Å²) in [6, 6.07) is 16.1. The Hall–Kier alpha value is -2.38. The highest BCUT2D eigenvalue weighted by Crippen LogP contribution is 2.25. The molecule has 2 aromatic carbocycles. The van der Waals surface area contributed by atoms with Gasteiger partial charge in [0.15, 0.2) is 0 Å². The van der Waals surface area contributed by atoms with Gasteiger partial charge in [-0.2, -0.15) is 0 Å². The highest BCUT2D eigenvalue weighted by atomic mass is 79.9. The van der Waals surface area contributed by atoms with Crippen LogP contribution in [0.4, 0.5) is 4.79 Å². The number of halogens is 1. The van der Waals surface area contributed by atoms with E-state index in [9.17, 15) is 14.7 Å². The van der Waals surface area contributed by atoms with E-state index >= 15 is 0 Å². The molecule has 32 heavy (non-hydrogen) atoms. The number of aliphatic hydroxyl groups excluding tert-OH is 1. The standard InChI is InChI=1S/C25H33BrN2O4/c1-4-25(2,3)15-21(29)16-27-23(30)22(14-18-10-12-20(26)13-11-18)28-24(31)32-17-19-8-6-5-7-9-19/h5-13,21-22,29H,4,14-17H2,1-3H3,(H,27,30)(H,28,31). The zero-order valence-electron chi connectivity index (χ0n) is 18.9. The van der Waals surface area contributed by atoms with Gasteiger partial charge in [0.05, 0.1) is 6.10 Å². The second-order valence-corrected chi connectivity index (χ2v) is 9.63. The van der Waals surface area contributed by atoms with Crippen LogP contribution in [0.25, 0.3) is 0 Å². The fraction of sp³-hybridized carbons (Fsp3) is 0.440. The van der Waals surface area contributed by atoms with Crippen LogP contribution < -0.4 is 10.6 Å². The van der Waals surface area contributed by atoms with Crippen molar-refractivity contribution in [2.75, 3.05) is 6.54 Å². The van der Waals surface area contributed by atoms with Crippen LogP contribution in [0.2, 0.25) is 0 Å². The average Bonchev–Trinajstić information content (AvgIpc) is 2.77. The number of carbonyl (C=O) groups excluding carboxylic acids is 2. The molecule has 0 heterocycles. The number of nitrogens with one attached hydrogen (secondary N) is 2. The molecule has 0 spiro atoms. The summed E-state index contributed by atoms with van der Waals surface area (Å²) >= 11 is 3.40. The number of aliphatic hydroxyl groups is 1. The molecule has 174 valence electrons. The van der Waals surface area contributed by atoms with Crippen molar-refractivity contribution in [2.24, 2.45) is 5.41 Å². The molecule has 2 aromatic rings. The van der Waals surface area contributed by atoms with E-state index in [0.29, 0.717) is 12.8 Å². The van der Waals surface area contributed by atoms with Crippen LogP contribution in [0, 0.1) is 5.41 Å². The van der Waals surface area contributed by atoms with Gasteiger partial charge in [0.1, 0.15) is 12.6 Å². The van der Waals surface area contributed by atoms with Gasteiger partial charge in [-0.15, -0.1) is 0 Å². The lowest BCUT2D eigenvalue weighted by Gasteiger charge is -2.26. The van der Waals surface area contributed by atoms with Crippen molar-refractivity contribution in [3.05, 3.63) is 70.2 Å². The summed E-state index contributed by atoms with van der Waals surface area (Å²) in [5, 5.41) is 15.8. The van der Waals surface area contributed by atoms with Gasteiger partial charge in [-0.1, -0.05) is 85.6 Å². The fourth-order valence-electron chi connectivity index (χ4n) is 3.17. The van der Waals surface area contributed by atoms with E-state index in [4.69, 9.17) is 4.74 Å². The maximum Gasteiger partial charge on any atom is 0.408 e. The number of amides is 2. The van der Waals surface area contributed by atoms with E-state index < -0.39 is 18.2 Å². The van der Waals surface area contributed by atoms with Gasteiger partial charge in [0, 0.05) is 17.4 Å². The lowest BCUT2D eigenvalue weighted by molar-refractivity contribution is -0.123. The third-order valence-corrected chi connectivity index (χ3v) is 5.96. The minimum absolute atomic E-state index is 0.0134. The van der Waals surface area contributed by atoms with E-state index in [2.05, 4.69) is 47.3 Å². The second-order valence-electron chi connectivity index (χ2n) is 8.71. The van der Waals surface area contributed by atoms with Gasteiger partial charge in [-0.25, -0.2) is 4.79 Å². The second kappa shape index (κ2) is 12.6. The molecule has 2 rings (SSSR count). The summed E-state index contributed by atoms with van der Waals surface area (Å²) < 4.78 is 6.21. The van der Waals surface area contributed by atoms with Crippen LogP contribution >= 0.6 is 15.9 Å². The minimum atomic E-state index is -0.828. The Kier molecular flexibility index (Phi) is 10.2. The molecule has 0 aliphatic carbocycles. The molecule has 0 aliphatic heterocycles. The first-order valence-electron chi connectivity index (χ1n) is 10.9. The molecule has 0 saturated heterocycles. The summed E-state index contributed by atoms with van der Waals surface area (Å²) in [5.74, 6) is -0.363. The zero-order valence-corrected chi connectivity index (χ0v) is 20.5. The van der Waals surface area contributed by atoms with Crippen LogP contribution in [-0.4, -0.2) is 35.8 Å². The monoisotopic (exact) mass is 504 g/mol. The van der Waals surface area contributed by atoms with Crippen molar-refractivity contribution in [3.8, 4) is 0 Å². The van der Waals surface area contributed by atoms with Gasteiger partial charge < -0.3 is 20.5 Å². The molecule has 0 aromatic heterocycles. The molecule has 0 bridgehead atoms. The summed E-state index contributed by atoms with van der Waals surface area (Å²) in [5.41, 5.74) is 1.74. The Labute approximate surface area is 198 Å². The molecule has 0 radical (unpaired) electrons. The first-order valence-corrected chi connectivity index (χ1v) is 11.7. The normalized spacial score (nSPS) is 13.2. The summed E-state index contributed by atoms with van der Waals surface area (Å²) in [6.07, 6.45) is 0.481. The topological polar surface area (TPSA) is 87.7 Å². The number of hydrogen-bond acceptors (Lipinski definition) is 4. The summed E-state index contributed by atoms with van der Waals surface area (Å²) in [7, 11) is 0. The number of alkyl carbamates (subject to hydrolysis) is 1. The number of carbonyl (C=O) groups is 2. The van der Waals surface area contributed by atoms with Crippen molar-refractivity contribution in [1.29, 1.82) is 0 Å². The van der Waals surface area contributed by atoms with Crippen LogP contribution in [0.5, 0.6) is 0 Å². The maximum atomic E-state index is 12.9. The molecule has 0 aliphatic rings. The molecule has 0 saturated carbocycles. The molecule has 2 amide bonds. The highest BCUT2D eigenvalue weighted by Gasteiger charge is 2.24. The largest absolute Gasteiger partial charge is 0.445 e. The number of ether oxygens (including phenoxy) is 1. The summed E-state index contributed by atoms with van der Waals surface area (Å²) in [4.78, 5) is 25.2. The van der Waals surface area contributed by atoms with E-state index in [1.165, 1.54) is 0 Å². The molecule has 6 nitrogen and oxygen atoms in total. The molecular formula is C25H33BrN2O4. The minimum Gasteiger partial charge on any atom is -0.445 e. The summed E-state index contributed by atoms with van der Waals surface area (Å²) in [6.45, 7) is 6.48. The molecule has 7 heteroatoms. The Morgan fingerprint density at radius 3 is 2.34 bits per heavy atom. The first-order chi connectivity index (χ1) is 15.2. The van der Waals surface area contributed by atoms with E-state index in [-0.39, 0.29) is 24.5 Å². The van der Waals surface area contributed by atoms with Crippen LogP contribution in [0.3, 0.4) is 0 Å². The van der Waals surface area contributed by atoms with Crippen molar-refractivity contribution < 1.29 is 19.4 Å². The smallest absolute Gasteiger partial charge is 0.408 e. The van der Waals surface area contributed by atoms with Crippen LogP contribution in [0.15, 0.2) is 59.1 Å². The van der Waals surface area contributed by atoms with E-state index in [0.717, 1.165) is 22.0 Å². The van der Waals surface area contributed by atoms with Crippen molar-refractivity contribution >= 4 is 27.9 Å². The number of hydrogen-bond donors (Lipinski definition) is 3. The number of rotatable bonds is 11. The predicted molar refractivity (Wildman–Crippen MR) is 129 cm³/mol. The van der Waals surface area contributed by atoms with Gasteiger partial charge in [-0.3, -0.25) is 4.79 Å². The Morgan fingerprint density at radius 1 is 1.06 bits per heavy atom. The molecule has 3 N–H and O–H groups in total. The third kappa shape index (κ3) is 9.40. The lowest BCUT2D eigenvalue weighted by Crippen LogP contribution is -2.49. The zero-order chi connectivity index (χ0) is 23.6. The Balaban J connectivity index is 1.98. The SMILES string of the molecule is CCC(C)(C)CC(O)CNC(=O)C(Cc1ccc(Br)cc1)NC(=O)OCc1ccccc1. The van der Waals surface area contributed by atoms with Gasteiger partial charge in [0.25, 0.3) is 0 Å². The fourth-order valence-corrected chi connectivity index (χ4v) is 3.43. The number of benzene rings is 2. The molecular weight excluding hydrogens is 472 g/mol. The maximum absolute atomic E-state index is 12.9. The lowest BCUT2D eigenvalue weighted by atomic mass is 9.84. The first kappa shape index (κ1) is 25.9. The van der Waals surface area contributed by atoms with E-state index in [1.807, 2.05) is 54.6 Å². The Morgan fingerprint density at radius 2 is 1.72 bits per heavy atom. The van der Waals surface area contributed by atoms with Crippen LogP contribution in [0.1, 0.15) is 44.7 Å². The average molecular weight is 505 g/mol. The quantitative estimate of drug-likeness (QED) is 0.417. The van der Waals surface area contributed by atoms with Gasteiger partial charge >= 0.3 is 6.09 Å². The molecule has 2 atom stereocenters. The molecule has 0 fully saturated rings. The third-order valence-electron chi connectivity index (χ3n) is 5.43. The van der Waals surface area contributed by atoms with Gasteiger partial charge in [0.2, 0.25) is 5.91 Å². The van der Waals surface area contributed by atoms with Crippen molar-refractivity contribution in [3.63, 3.8) is 0 Å². The van der Waals surface area contributed by atoms with Crippen molar-refractivity contribution in [1.82, 2.24) is 10.6 Å². The van der Waals surface area contributed by atoms with Crippen LogP contribution in [-0.2, 0) is 22.6 Å². The Bertz CT molecular complexity index is 856.